The predicted octanol–water partition coefficient (Wildman–Crippen LogP) is 10.3. The lowest BCUT2D eigenvalue weighted by Crippen LogP contribution is -2.56. The Morgan fingerprint density at radius 2 is 1.41 bits per heavy atom. The van der Waals surface area contributed by atoms with E-state index in [0.29, 0.717) is 48.9 Å². The van der Waals surface area contributed by atoms with Crippen molar-refractivity contribution in [3.63, 3.8) is 0 Å². The van der Waals surface area contributed by atoms with E-state index in [-0.39, 0.29) is 60.5 Å². The number of fused-ring (bicyclic) bond motifs is 5. The molecular formula is C54H88N4O6. The molecule has 0 aliphatic heterocycles. The zero-order chi connectivity index (χ0) is 46.8. The standard InChI is InChI=1S/C54H88N4O6/c1-35(2)13-11-14-38(7)43-19-20-46-53(43,9)28-25-47-52(8)27-24-42(33-40(52)23-26-54(46,47)10)64-30-12-29-55-48(60)21-22-49(61)57-44(31-36(3)4)51(63)58-45(32-37(5)6)50(62)56-41-17-15-39(34-59)16-18-41/h15-18,23,35-38,42-47,59H,11-14,19-22,24-34H2,1-10H3,(H,55,60)(H,56,62)(H,57,61)(H,58,63)/t38-,42+,43-,44+,45+,46-,47-,52+,53-,54+/m1/s1. The average Bonchev–Trinajstić information content (AvgIpc) is 3.60. The Balaban J connectivity index is 1.03. The number of amides is 4. The van der Waals surface area contributed by atoms with Crippen LogP contribution >= 0.6 is 0 Å². The number of hydrogen-bond acceptors (Lipinski definition) is 6. The van der Waals surface area contributed by atoms with Crippen molar-refractivity contribution in [2.45, 2.75) is 197 Å². The quantitative estimate of drug-likeness (QED) is 0.0546. The van der Waals surface area contributed by atoms with Gasteiger partial charge < -0.3 is 31.1 Å². The highest BCUT2D eigenvalue weighted by Gasteiger charge is 2.64. The van der Waals surface area contributed by atoms with Crippen LogP contribution in [-0.2, 0) is 30.5 Å². The van der Waals surface area contributed by atoms with Gasteiger partial charge in [0.2, 0.25) is 23.6 Å². The highest BCUT2D eigenvalue weighted by atomic mass is 16.5. The van der Waals surface area contributed by atoms with E-state index in [2.05, 4.69) is 68.9 Å². The normalized spacial score (nSPS) is 28.9. The molecule has 1 aromatic carbocycles. The smallest absolute Gasteiger partial charge is 0.246 e. The fraction of sp³-hybridized carbons (Fsp3) is 0.778. The maximum atomic E-state index is 13.5. The average molecular weight is 889 g/mol. The van der Waals surface area contributed by atoms with Gasteiger partial charge >= 0.3 is 0 Å². The molecule has 0 radical (unpaired) electrons. The van der Waals surface area contributed by atoms with Gasteiger partial charge in [0, 0.05) is 31.7 Å². The van der Waals surface area contributed by atoms with Gasteiger partial charge in [0.05, 0.1) is 12.7 Å². The number of nitrogens with one attached hydrogen (secondary N) is 4. The van der Waals surface area contributed by atoms with Gasteiger partial charge in [-0.25, -0.2) is 0 Å². The number of aliphatic hydroxyl groups is 1. The summed E-state index contributed by atoms with van der Waals surface area (Å²) in [6, 6.07) is 5.22. The first kappa shape index (κ1) is 51.7. The van der Waals surface area contributed by atoms with Crippen LogP contribution in [0.1, 0.15) is 178 Å². The molecule has 0 unspecified atom stereocenters. The molecule has 10 heteroatoms. The molecule has 0 aromatic heterocycles. The van der Waals surface area contributed by atoms with Crippen LogP contribution in [0.15, 0.2) is 35.9 Å². The van der Waals surface area contributed by atoms with Crippen molar-refractivity contribution in [1.29, 1.82) is 0 Å². The summed E-state index contributed by atoms with van der Waals surface area (Å²) in [6.07, 6.45) is 18.5. The SMILES string of the molecule is CC(C)CCC[C@@H](C)[C@H]1CC[C@@H]2[C@]1(C)CC[C@H]1[C@@]2(C)CC=C2C[C@@H](OCCCNC(=O)CCC(=O)N[C@@H](CC(C)C)C(=O)N[C@@H](CC(C)C)C(=O)Nc3ccc(CO)cc3)CC[C@@]21C. The van der Waals surface area contributed by atoms with E-state index in [0.717, 1.165) is 48.0 Å². The minimum absolute atomic E-state index is 0.0175. The van der Waals surface area contributed by atoms with Crippen LogP contribution in [0.4, 0.5) is 5.69 Å². The van der Waals surface area contributed by atoms with Crippen LogP contribution in [0.25, 0.3) is 0 Å². The molecular weight excluding hydrogens is 801 g/mol. The van der Waals surface area contributed by atoms with Crippen molar-refractivity contribution >= 4 is 29.3 Å². The second-order valence-electron chi connectivity index (χ2n) is 22.7. The van der Waals surface area contributed by atoms with Crippen molar-refractivity contribution in [2.75, 3.05) is 18.5 Å². The Labute approximate surface area is 387 Å². The number of ether oxygens (including phenoxy) is 1. The van der Waals surface area contributed by atoms with E-state index >= 15 is 0 Å². The Kier molecular flexibility index (Phi) is 18.6. The maximum absolute atomic E-state index is 13.5. The van der Waals surface area contributed by atoms with Crippen LogP contribution in [0.5, 0.6) is 0 Å². The first-order valence-electron chi connectivity index (χ1n) is 25.5. The third kappa shape index (κ3) is 13.0. The van der Waals surface area contributed by atoms with Crippen LogP contribution in [0.3, 0.4) is 0 Å². The first-order valence-corrected chi connectivity index (χ1v) is 25.5. The Hall–Kier alpha value is -3.24. The van der Waals surface area contributed by atoms with Crippen LogP contribution in [0, 0.1) is 57.7 Å². The van der Waals surface area contributed by atoms with Crippen molar-refractivity contribution in [1.82, 2.24) is 16.0 Å². The summed E-state index contributed by atoms with van der Waals surface area (Å²) in [5, 5.41) is 20.9. The molecule has 0 heterocycles. The van der Waals surface area contributed by atoms with Crippen LogP contribution < -0.4 is 21.3 Å². The summed E-state index contributed by atoms with van der Waals surface area (Å²) >= 11 is 0. The molecule has 1 aromatic rings. The van der Waals surface area contributed by atoms with E-state index in [1.807, 2.05) is 27.7 Å². The third-order valence-corrected chi connectivity index (χ3v) is 16.5. The van der Waals surface area contributed by atoms with Gasteiger partial charge in [-0.3, -0.25) is 19.2 Å². The molecule has 5 rings (SSSR count). The number of hydrogen-bond donors (Lipinski definition) is 5. The van der Waals surface area contributed by atoms with Gasteiger partial charge in [-0.05, 0) is 146 Å². The van der Waals surface area contributed by atoms with Crippen molar-refractivity contribution in [2.24, 2.45) is 57.7 Å². The summed E-state index contributed by atoms with van der Waals surface area (Å²) in [7, 11) is 0. The molecule has 4 aliphatic rings. The molecule has 360 valence electrons. The van der Waals surface area contributed by atoms with Gasteiger partial charge in [-0.15, -0.1) is 0 Å². The number of rotatable bonds is 23. The summed E-state index contributed by atoms with van der Waals surface area (Å²) in [5.41, 5.74) is 4.03. The zero-order valence-corrected chi connectivity index (χ0v) is 41.6. The fourth-order valence-corrected chi connectivity index (χ4v) is 13.2. The fourth-order valence-electron chi connectivity index (χ4n) is 13.2. The molecule has 3 fully saturated rings. The third-order valence-electron chi connectivity index (χ3n) is 16.5. The van der Waals surface area contributed by atoms with E-state index < -0.39 is 18.0 Å². The lowest BCUT2D eigenvalue weighted by atomic mass is 9.41. The van der Waals surface area contributed by atoms with Crippen LogP contribution in [0.2, 0.25) is 0 Å². The summed E-state index contributed by atoms with van der Waals surface area (Å²) in [4.78, 5) is 52.7. The predicted molar refractivity (Wildman–Crippen MR) is 258 cm³/mol. The maximum Gasteiger partial charge on any atom is 0.246 e. The number of allylic oxidation sites excluding steroid dienone is 1. The van der Waals surface area contributed by atoms with E-state index in [1.165, 1.54) is 57.8 Å². The van der Waals surface area contributed by atoms with Gasteiger partial charge in [-0.1, -0.05) is 112 Å². The molecule has 5 N–H and O–H groups in total. The molecule has 3 saturated carbocycles. The van der Waals surface area contributed by atoms with Gasteiger partial charge in [0.25, 0.3) is 0 Å². The largest absolute Gasteiger partial charge is 0.392 e. The number of aliphatic hydroxyl groups excluding tert-OH is 1. The summed E-state index contributed by atoms with van der Waals surface area (Å²) in [5.74, 6) is 2.90. The highest BCUT2D eigenvalue weighted by molar-refractivity contribution is 5.98. The van der Waals surface area contributed by atoms with E-state index in [9.17, 15) is 24.3 Å². The number of anilines is 1. The Morgan fingerprint density at radius 3 is 2.06 bits per heavy atom. The number of benzene rings is 1. The molecule has 10 nitrogen and oxygen atoms in total. The summed E-state index contributed by atoms with van der Waals surface area (Å²) in [6.45, 7) is 24.1. The van der Waals surface area contributed by atoms with Gasteiger partial charge in [0.15, 0.2) is 0 Å². The van der Waals surface area contributed by atoms with Gasteiger partial charge in [-0.2, -0.15) is 0 Å². The second kappa shape index (κ2) is 23.0. The minimum atomic E-state index is -0.845. The molecule has 4 amide bonds. The molecule has 4 aliphatic carbocycles. The van der Waals surface area contributed by atoms with Gasteiger partial charge in [0.1, 0.15) is 12.1 Å². The topological polar surface area (TPSA) is 146 Å². The van der Waals surface area contributed by atoms with E-state index in [1.54, 1.807) is 29.8 Å². The Morgan fingerprint density at radius 1 is 0.734 bits per heavy atom. The zero-order valence-electron chi connectivity index (χ0n) is 41.6. The molecule has 0 saturated heterocycles. The second-order valence-corrected chi connectivity index (χ2v) is 22.7. The summed E-state index contributed by atoms with van der Waals surface area (Å²) < 4.78 is 6.46. The monoisotopic (exact) mass is 889 g/mol. The number of carbonyl (C=O) groups is 4. The molecule has 0 bridgehead atoms. The lowest BCUT2D eigenvalue weighted by molar-refractivity contribution is -0.132. The van der Waals surface area contributed by atoms with Crippen molar-refractivity contribution < 1.29 is 29.0 Å². The molecule has 10 atom stereocenters. The number of carbonyl (C=O) groups excluding carboxylic acids is 4. The Bertz CT molecular complexity index is 1740. The lowest BCUT2D eigenvalue weighted by Gasteiger charge is -2.63. The molecule has 64 heavy (non-hydrogen) atoms. The van der Waals surface area contributed by atoms with E-state index in [4.69, 9.17) is 4.74 Å². The minimum Gasteiger partial charge on any atom is -0.392 e. The molecule has 0 spiro atoms. The van der Waals surface area contributed by atoms with Crippen molar-refractivity contribution in [3.05, 3.63) is 41.5 Å². The van der Waals surface area contributed by atoms with Crippen LogP contribution in [-0.4, -0.2) is 60.1 Å². The highest BCUT2D eigenvalue weighted by Crippen LogP contribution is 2.72. The first-order chi connectivity index (χ1) is 30.3. The van der Waals surface area contributed by atoms with Crippen molar-refractivity contribution in [3.8, 4) is 0 Å².